The van der Waals surface area contributed by atoms with Crippen LogP contribution in [0.4, 0.5) is 0 Å². The summed E-state index contributed by atoms with van der Waals surface area (Å²) in [5.41, 5.74) is 1.08. The van der Waals surface area contributed by atoms with Crippen molar-refractivity contribution in [3.05, 3.63) is 46.2 Å². The summed E-state index contributed by atoms with van der Waals surface area (Å²) in [5.74, 6) is 0.711. The van der Waals surface area contributed by atoms with E-state index in [9.17, 15) is 9.90 Å². The van der Waals surface area contributed by atoms with Crippen LogP contribution in [-0.2, 0) is 6.42 Å². The zero-order valence-corrected chi connectivity index (χ0v) is 19.6. The summed E-state index contributed by atoms with van der Waals surface area (Å²) in [5, 5.41) is 11.1. The number of benzene rings is 1. The third-order valence-corrected chi connectivity index (χ3v) is 6.37. The molecule has 0 aliphatic carbocycles. The Bertz CT molecular complexity index is 804. The zero-order valence-electron chi connectivity index (χ0n) is 18.8. The summed E-state index contributed by atoms with van der Waals surface area (Å²) in [4.78, 5) is 20.1. The van der Waals surface area contributed by atoms with Gasteiger partial charge in [0.2, 0.25) is 5.88 Å². The van der Waals surface area contributed by atoms with E-state index in [4.69, 9.17) is 0 Å². The van der Waals surface area contributed by atoms with E-state index in [-0.39, 0.29) is 11.4 Å². The van der Waals surface area contributed by atoms with Crippen LogP contribution in [0.1, 0.15) is 64.9 Å². The molecule has 6 heteroatoms. The minimum absolute atomic E-state index is 0.105. The molecule has 0 atom stereocenters. The summed E-state index contributed by atoms with van der Waals surface area (Å²) in [7, 11) is 0. The van der Waals surface area contributed by atoms with Crippen molar-refractivity contribution in [3.8, 4) is 11.6 Å². The highest BCUT2D eigenvalue weighted by Gasteiger charge is 2.18. The van der Waals surface area contributed by atoms with Crippen LogP contribution in [0, 0.1) is 0 Å². The molecule has 0 saturated carbocycles. The van der Waals surface area contributed by atoms with Crippen LogP contribution in [0.25, 0.3) is 5.69 Å². The molecule has 0 spiro atoms. The summed E-state index contributed by atoms with van der Waals surface area (Å²) < 4.78 is 1.67. The van der Waals surface area contributed by atoms with Crippen LogP contribution in [0.15, 0.2) is 40.3 Å². The van der Waals surface area contributed by atoms with Crippen molar-refractivity contribution in [2.75, 3.05) is 25.4 Å². The molecule has 2 aromatic rings. The summed E-state index contributed by atoms with van der Waals surface area (Å²) in [6.45, 7) is 9.42. The number of hydrogen-bond acceptors (Lipinski definition) is 5. The van der Waals surface area contributed by atoms with Crippen molar-refractivity contribution in [3.63, 3.8) is 0 Å². The molecule has 0 fully saturated rings. The minimum Gasteiger partial charge on any atom is -0.493 e. The van der Waals surface area contributed by atoms with Crippen LogP contribution >= 0.6 is 11.8 Å². The van der Waals surface area contributed by atoms with Gasteiger partial charge in [-0.15, -0.1) is 0 Å². The first-order chi connectivity index (χ1) is 14.6. The quantitative estimate of drug-likeness (QED) is 0.251. The predicted octanol–water partition coefficient (Wildman–Crippen LogP) is 5.28. The van der Waals surface area contributed by atoms with Gasteiger partial charge in [-0.05, 0) is 38.1 Å². The first-order valence-corrected chi connectivity index (χ1v) is 12.4. The van der Waals surface area contributed by atoms with Crippen molar-refractivity contribution >= 4 is 11.8 Å². The SMILES string of the molecule is CCCCCCCCc1c(O)nc(SCCN(CC)CC)n(-c2ccccc2)c1=O. The molecule has 0 aliphatic rings. The molecule has 1 N–H and O–H groups in total. The molecule has 1 heterocycles. The van der Waals surface area contributed by atoms with Gasteiger partial charge in [0.1, 0.15) is 0 Å². The second-order valence-corrected chi connectivity index (χ2v) is 8.63. The number of para-hydroxylation sites is 1. The molecule has 0 amide bonds. The van der Waals surface area contributed by atoms with Gasteiger partial charge in [-0.1, -0.05) is 82.8 Å². The predicted molar refractivity (Wildman–Crippen MR) is 127 cm³/mol. The third kappa shape index (κ3) is 7.17. The molecule has 0 bridgehead atoms. The lowest BCUT2D eigenvalue weighted by molar-refractivity contribution is 0.323. The van der Waals surface area contributed by atoms with Crippen LogP contribution in [0.2, 0.25) is 0 Å². The Morgan fingerprint density at radius 1 is 1.00 bits per heavy atom. The van der Waals surface area contributed by atoms with E-state index < -0.39 is 0 Å². The molecule has 0 aliphatic heterocycles. The first-order valence-electron chi connectivity index (χ1n) is 11.4. The molecule has 30 heavy (non-hydrogen) atoms. The van der Waals surface area contributed by atoms with E-state index in [0.29, 0.717) is 17.1 Å². The molecule has 1 aromatic carbocycles. The van der Waals surface area contributed by atoms with Crippen molar-refractivity contribution in [2.45, 2.75) is 70.9 Å². The van der Waals surface area contributed by atoms with Crippen LogP contribution in [0.3, 0.4) is 0 Å². The minimum atomic E-state index is -0.146. The highest BCUT2D eigenvalue weighted by molar-refractivity contribution is 7.99. The Labute approximate surface area is 185 Å². The molecular weight excluding hydrogens is 394 g/mol. The molecule has 2 rings (SSSR count). The Morgan fingerprint density at radius 2 is 1.67 bits per heavy atom. The number of rotatable bonds is 14. The van der Waals surface area contributed by atoms with Gasteiger partial charge in [0, 0.05) is 12.3 Å². The highest BCUT2D eigenvalue weighted by Crippen LogP contribution is 2.23. The molecule has 1 aromatic heterocycles. The molecule has 0 saturated heterocycles. The molecule has 5 nitrogen and oxygen atoms in total. The number of thioether (sulfide) groups is 1. The van der Waals surface area contributed by atoms with E-state index >= 15 is 0 Å². The van der Waals surface area contributed by atoms with E-state index in [0.717, 1.165) is 43.9 Å². The Balaban J connectivity index is 2.21. The number of nitrogens with zero attached hydrogens (tertiary/aromatic N) is 3. The smallest absolute Gasteiger partial charge is 0.265 e. The lowest BCUT2D eigenvalue weighted by Crippen LogP contribution is -2.27. The summed E-state index contributed by atoms with van der Waals surface area (Å²) >= 11 is 1.53. The lowest BCUT2D eigenvalue weighted by atomic mass is 10.1. The number of aromatic nitrogens is 2. The number of hydrogen-bond donors (Lipinski definition) is 1. The van der Waals surface area contributed by atoms with Crippen molar-refractivity contribution in [1.82, 2.24) is 14.5 Å². The average molecular weight is 432 g/mol. The van der Waals surface area contributed by atoms with E-state index in [1.807, 2.05) is 30.3 Å². The normalized spacial score (nSPS) is 11.3. The average Bonchev–Trinajstić information content (AvgIpc) is 2.76. The lowest BCUT2D eigenvalue weighted by Gasteiger charge is -2.18. The van der Waals surface area contributed by atoms with Gasteiger partial charge in [0.15, 0.2) is 5.16 Å². The van der Waals surface area contributed by atoms with E-state index in [2.05, 4.69) is 30.7 Å². The Kier molecular flexibility index (Phi) is 11.0. The fourth-order valence-electron chi connectivity index (χ4n) is 3.53. The second-order valence-electron chi connectivity index (χ2n) is 7.57. The van der Waals surface area contributed by atoms with Gasteiger partial charge in [-0.3, -0.25) is 9.36 Å². The molecule has 0 radical (unpaired) electrons. The van der Waals surface area contributed by atoms with Gasteiger partial charge in [-0.25, -0.2) is 0 Å². The van der Waals surface area contributed by atoms with Crippen LogP contribution in [-0.4, -0.2) is 44.9 Å². The fraction of sp³-hybridized carbons (Fsp3) is 0.583. The van der Waals surface area contributed by atoms with E-state index in [1.54, 1.807) is 4.57 Å². The summed E-state index contributed by atoms with van der Waals surface area (Å²) in [6, 6.07) is 9.62. The van der Waals surface area contributed by atoms with Gasteiger partial charge >= 0.3 is 0 Å². The number of aromatic hydroxyl groups is 1. The Hall–Kier alpha value is -1.79. The van der Waals surface area contributed by atoms with Gasteiger partial charge in [0.05, 0.1) is 11.3 Å². The van der Waals surface area contributed by atoms with Crippen molar-refractivity contribution in [2.24, 2.45) is 0 Å². The third-order valence-electron chi connectivity index (χ3n) is 5.45. The standard InChI is InChI=1S/C24H37N3O2S/c1-4-7-8-9-10-14-17-21-22(28)25-24(30-19-18-26(5-2)6-3)27(23(21)29)20-15-12-11-13-16-20/h11-13,15-16,28H,4-10,14,17-19H2,1-3H3. The number of unbranched alkanes of at least 4 members (excludes halogenated alkanes) is 5. The maximum absolute atomic E-state index is 13.3. The highest BCUT2D eigenvalue weighted by atomic mass is 32.2. The first kappa shape index (κ1) is 24.5. The van der Waals surface area contributed by atoms with Crippen molar-refractivity contribution in [1.29, 1.82) is 0 Å². The molecule has 0 unspecified atom stereocenters. The fourth-order valence-corrected chi connectivity index (χ4v) is 4.53. The van der Waals surface area contributed by atoms with Gasteiger partial charge in [-0.2, -0.15) is 4.98 Å². The van der Waals surface area contributed by atoms with Crippen LogP contribution < -0.4 is 5.56 Å². The zero-order chi connectivity index (χ0) is 21.8. The van der Waals surface area contributed by atoms with E-state index in [1.165, 1.54) is 37.4 Å². The maximum atomic E-state index is 13.3. The molecular formula is C24H37N3O2S. The van der Waals surface area contributed by atoms with Gasteiger partial charge in [0.25, 0.3) is 5.56 Å². The van der Waals surface area contributed by atoms with Crippen molar-refractivity contribution < 1.29 is 5.11 Å². The molecule has 166 valence electrons. The summed E-state index contributed by atoms with van der Waals surface area (Å²) in [6.07, 6.45) is 7.43. The Morgan fingerprint density at radius 3 is 2.33 bits per heavy atom. The largest absolute Gasteiger partial charge is 0.493 e. The maximum Gasteiger partial charge on any atom is 0.265 e. The second kappa shape index (κ2) is 13.5. The topological polar surface area (TPSA) is 58.4 Å². The monoisotopic (exact) mass is 431 g/mol. The van der Waals surface area contributed by atoms with Crippen LogP contribution in [0.5, 0.6) is 5.88 Å². The van der Waals surface area contributed by atoms with Gasteiger partial charge < -0.3 is 10.0 Å².